The van der Waals surface area contributed by atoms with Crippen molar-refractivity contribution < 1.29 is 52.8 Å². The van der Waals surface area contributed by atoms with E-state index in [0.29, 0.717) is 79.1 Å². The fourth-order valence-corrected chi connectivity index (χ4v) is 7.96. The van der Waals surface area contributed by atoms with E-state index in [0.717, 1.165) is 83.2 Å². The van der Waals surface area contributed by atoms with Crippen LogP contribution in [0.5, 0.6) is 0 Å². The Labute approximate surface area is 379 Å². The lowest BCUT2D eigenvalue weighted by molar-refractivity contribution is -0.155. The highest BCUT2D eigenvalue weighted by molar-refractivity contribution is 6.64. The van der Waals surface area contributed by atoms with Crippen LogP contribution in [0.25, 0.3) is 0 Å². The summed E-state index contributed by atoms with van der Waals surface area (Å²) in [5.41, 5.74) is -0.707. The zero-order valence-electron chi connectivity index (χ0n) is 39.2. The maximum atomic E-state index is 12.9. The van der Waals surface area contributed by atoms with Gasteiger partial charge in [-0.15, -0.1) is 0 Å². The molecule has 1 fully saturated rings. The Bertz CT molecular complexity index is 1240. The molecule has 4 amide bonds. The number of unbranched alkanes of at least 4 members (excludes halogenated alkanes) is 3. The summed E-state index contributed by atoms with van der Waals surface area (Å²) in [6.45, 7) is 7.26. The summed E-state index contributed by atoms with van der Waals surface area (Å²) in [5, 5.41) is 28.2. The van der Waals surface area contributed by atoms with Crippen molar-refractivity contribution in [3.05, 3.63) is 0 Å². The largest absolute Gasteiger partial charge is 0.481 e. The molecule has 19 heteroatoms. The van der Waals surface area contributed by atoms with Crippen LogP contribution >= 0.6 is 0 Å². The number of hydrogen-bond donors (Lipinski definition) is 7. The molecule has 1 rings (SSSR count). The average molecular weight is 895 g/mol. The van der Waals surface area contributed by atoms with E-state index >= 15 is 0 Å². The molecular formula is C44H84B2N6O11. The van der Waals surface area contributed by atoms with Crippen LogP contribution in [0.1, 0.15) is 142 Å². The number of carboxylic acid groups (broad SMARTS) is 1. The summed E-state index contributed by atoms with van der Waals surface area (Å²) >= 11 is 0. The Balaban J connectivity index is 2.01. The third-order valence-corrected chi connectivity index (χ3v) is 11.7. The van der Waals surface area contributed by atoms with Gasteiger partial charge in [-0.1, -0.05) is 78.1 Å². The molecule has 0 spiro atoms. The fraction of sp³-hybridized carbons (Fsp3) is 0.864. The van der Waals surface area contributed by atoms with Crippen molar-refractivity contribution in [3.63, 3.8) is 0 Å². The molecule has 1 saturated carbocycles. The SMILES string of the molecule is BN[C@H](C)CC1(C(=O)O)CCCCCCCCCC1CCCCCC(=O)NCCCC(=O)NCCOCCOCC(=O)NCCOCCOCC(=O)NCCCC[C@@H](C)NBC=O. The van der Waals surface area contributed by atoms with E-state index in [1.807, 2.05) is 14.9 Å². The van der Waals surface area contributed by atoms with Crippen molar-refractivity contribution in [1.82, 2.24) is 31.7 Å². The summed E-state index contributed by atoms with van der Waals surface area (Å²) < 4.78 is 21.5. The number of carboxylic acids is 1. The number of hydrogen-bond acceptors (Lipinski definition) is 12. The van der Waals surface area contributed by atoms with Gasteiger partial charge in [0.15, 0.2) is 7.98 Å². The molecule has 63 heavy (non-hydrogen) atoms. The van der Waals surface area contributed by atoms with Gasteiger partial charge >= 0.3 is 5.97 Å². The second kappa shape index (κ2) is 39.3. The van der Waals surface area contributed by atoms with E-state index in [1.54, 1.807) is 0 Å². The molecule has 4 atom stereocenters. The molecule has 1 aliphatic rings. The van der Waals surface area contributed by atoms with Crippen LogP contribution < -0.4 is 31.7 Å². The summed E-state index contributed by atoms with van der Waals surface area (Å²) in [6, 6.07) is 0.402. The summed E-state index contributed by atoms with van der Waals surface area (Å²) in [5.74, 6) is -1.11. The highest BCUT2D eigenvalue weighted by atomic mass is 16.5. The predicted molar refractivity (Wildman–Crippen MR) is 249 cm³/mol. The first kappa shape index (κ1) is 57.9. The molecule has 0 aromatic carbocycles. The number of aliphatic carboxylic acids is 1. The lowest BCUT2D eigenvalue weighted by Gasteiger charge is -2.40. The zero-order valence-corrected chi connectivity index (χ0v) is 39.2. The minimum Gasteiger partial charge on any atom is -0.481 e. The Kier molecular flexibility index (Phi) is 36.1. The van der Waals surface area contributed by atoms with E-state index in [-0.39, 0.29) is 74.7 Å². The highest BCUT2D eigenvalue weighted by Crippen LogP contribution is 2.44. The second-order valence-corrected chi connectivity index (χ2v) is 17.0. The first-order valence-corrected chi connectivity index (χ1v) is 24.0. The van der Waals surface area contributed by atoms with Gasteiger partial charge in [-0.25, -0.2) is 0 Å². The van der Waals surface area contributed by atoms with Crippen LogP contribution in [0.2, 0.25) is 0 Å². The Morgan fingerprint density at radius 2 is 1.19 bits per heavy atom. The molecule has 0 aliphatic heterocycles. The van der Waals surface area contributed by atoms with E-state index < -0.39 is 11.4 Å². The van der Waals surface area contributed by atoms with E-state index in [1.165, 1.54) is 25.7 Å². The molecule has 17 nitrogen and oxygen atoms in total. The van der Waals surface area contributed by atoms with Crippen molar-refractivity contribution in [3.8, 4) is 0 Å². The van der Waals surface area contributed by atoms with E-state index in [9.17, 15) is 33.9 Å². The van der Waals surface area contributed by atoms with Crippen molar-refractivity contribution in [2.45, 2.75) is 154 Å². The molecule has 7 N–H and O–H groups in total. The second-order valence-electron chi connectivity index (χ2n) is 17.0. The Morgan fingerprint density at radius 1 is 0.651 bits per heavy atom. The molecule has 0 radical (unpaired) electrons. The third kappa shape index (κ3) is 31.4. The molecule has 0 heterocycles. The van der Waals surface area contributed by atoms with Crippen molar-refractivity contribution in [2.24, 2.45) is 11.3 Å². The van der Waals surface area contributed by atoms with Crippen molar-refractivity contribution in [2.75, 3.05) is 79.0 Å². The number of carbonyl (C=O) groups excluding carboxylic acids is 5. The van der Waals surface area contributed by atoms with Gasteiger partial charge in [0, 0.05) is 39.0 Å². The van der Waals surface area contributed by atoms with Gasteiger partial charge in [0.05, 0.1) is 51.2 Å². The zero-order chi connectivity index (χ0) is 46.2. The first-order valence-electron chi connectivity index (χ1n) is 24.0. The third-order valence-electron chi connectivity index (χ3n) is 11.7. The Hall–Kier alpha value is -3.09. The molecule has 0 saturated heterocycles. The van der Waals surface area contributed by atoms with Crippen LogP contribution in [-0.4, -0.2) is 147 Å². The van der Waals surface area contributed by atoms with Gasteiger partial charge in [-0.2, -0.15) is 0 Å². The minimum absolute atomic E-state index is 0.0246. The molecule has 0 aromatic heterocycles. The van der Waals surface area contributed by atoms with E-state index in [2.05, 4.69) is 38.6 Å². The standard InChI is InChI=1S/C44H84B2N6O11/c1-36(52-46-35-53)16-12-14-22-48-41(56)33-62-30-29-61-27-25-50-42(57)34-63-31-28-60-26-24-49-40(55)20-15-23-47-39(54)19-11-8-10-18-38-17-9-6-4-3-5-7-13-21-44(38,43(58)59)32-37(2)51-45/h35-38,46,51-52H,3-34,45H2,1-2H3,(H,47,54)(H,48,56)(H,49,55)(H,50,57)(H,58,59)/t36-,37-,38?,44?/m1/s1. The quantitative estimate of drug-likeness (QED) is 0.0268. The van der Waals surface area contributed by atoms with Gasteiger partial charge in [0.25, 0.3) is 7.41 Å². The summed E-state index contributed by atoms with van der Waals surface area (Å²) in [4.78, 5) is 71.7. The van der Waals surface area contributed by atoms with Gasteiger partial charge in [-0.3, -0.25) is 24.0 Å². The maximum Gasteiger partial charge on any atom is 0.309 e. The van der Waals surface area contributed by atoms with Gasteiger partial charge in [0.1, 0.15) is 13.2 Å². The fourth-order valence-electron chi connectivity index (χ4n) is 7.96. The Morgan fingerprint density at radius 3 is 1.81 bits per heavy atom. The lowest BCUT2D eigenvalue weighted by Crippen LogP contribution is -2.44. The number of carbonyl (C=O) groups is 6. The van der Waals surface area contributed by atoms with Crippen molar-refractivity contribution in [1.29, 1.82) is 0 Å². The van der Waals surface area contributed by atoms with Gasteiger partial charge < -0.3 is 60.6 Å². The van der Waals surface area contributed by atoms with Gasteiger partial charge in [0.2, 0.25) is 23.6 Å². The molecule has 2 unspecified atom stereocenters. The number of nitrogens with one attached hydrogen (secondary N) is 6. The smallest absolute Gasteiger partial charge is 0.309 e. The van der Waals surface area contributed by atoms with Crippen LogP contribution in [0, 0.1) is 11.3 Å². The highest BCUT2D eigenvalue weighted by Gasteiger charge is 2.45. The summed E-state index contributed by atoms with van der Waals surface area (Å²) in [6.07, 6.45) is 18.6. The monoisotopic (exact) mass is 895 g/mol. The van der Waals surface area contributed by atoms with Crippen LogP contribution in [0.15, 0.2) is 0 Å². The molecule has 1 aliphatic carbocycles. The predicted octanol–water partition coefficient (Wildman–Crippen LogP) is 2.07. The molecule has 0 bridgehead atoms. The molecular weight excluding hydrogens is 810 g/mol. The first-order chi connectivity index (χ1) is 30.5. The van der Waals surface area contributed by atoms with Crippen LogP contribution in [0.4, 0.5) is 0 Å². The van der Waals surface area contributed by atoms with Gasteiger partial charge in [-0.05, 0) is 69.4 Å². The van der Waals surface area contributed by atoms with E-state index in [4.69, 9.17) is 18.9 Å². The lowest BCUT2D eigenvalue weighted by atomic mass is 9.64. The van der Waals surface area contributed by atoms with Crippen LogP contribution in [0.3, 0.4) is 0 Å². The van der Waals surface area contributed by atoms with Crippen LogP contribution in [-0.2, 0) is 47.7 Å². The minimum atomic E-state index is -0.707. The molecule has 0 aromatic rings. The number of rotatable bonds is 38. The normalized spacial score (nSPS) is 18.0. The number of ether oxygens (including phenoxy) is 4. The topological polar surface area (TPSA) is 232 Å². The number of amides is 4. The summed E-state index contributed by atoms with van der Waals surface area (Å²) in [7, 11) is 2.26. The molecule has 362 valence electrons. The van der Waals surface area contributed by atoms with Crippen molar-refractivity contribution >= 4 is 51.2 Å². The maximum absolute atomic E-state index is 12.9. The average Bonchev–Trinajstić information content (AvgIpc) is 3.30.